The first-order valence-corrected chi connectivity index (χ1v) is 6.49. The van der Waals surface area contributed by atoms with Crippen molar-refractivity contribution in [3.8, 4) is 0 Å². The van der Waals surface area contributed by atoms with Gasteiger partial charge in [0, 0.05) is 18.5 Å². The van der Waals surface area contributed by atoms with Crippen LogP contribution in [0.1, 0.15) is 15.4 Å². The third-order valence-corrected chi connectivity index (χ3v) is 3.33. The summed E-state index contributed by atoms with van der Waals surface area (Å²) in [5, 5.41) is 15.4. The Morgan fingerprint density at radius 2 is 2.22 bits per heavy atom. The lowest BCUT2D eigenvalue weighted by Crippen LogP contribution is -2.26. The summed E-state index contributed by atoms with van der Waals surface area (Å²) in [7, 11) is 1.75. The summed E-state index contributed by atoms with van der Waals surface area (Å²) >= 11 is 1.69. The molecule has 2 heterocycles. The molecule has 0 aromatic carbocycles. The van der Waals surface area contributed by atoms with Crippen molar-refractivity contribution < 1.29 is 4.79 Å². The van der Waals surface area contributed by atoms with Crippen LogP contribution in [0.25, 0.3) is 0 Å². The van der Waals surface area contributed by atoms with Gasteiger partial charge < -0.3 is 10.6 Å². The van der Waals surface area contributed by atoms with Gasteiger partial charge in [-0.15, -0.1) is 21.5 Å². The molecule has 0 bridgehead atoms. The molecule has 0 atom stereocenters. The second-order valence-corrected chi connectivity index (χ2v) is 4.67. The molecule has 0 saturated carbocycles. The third kappa shape index (κ3) is 3.27. The zero-order valence-electron chi connectivity index (χ0n) is 10.0. The first-order valence-electron chi connectivity index (χ1n) is 5.61. The van der Waals surface area contributed by atoms with E-state index in [0.29, 0.717) is 18.1 Å². The minimum atomic E-state index is -0.193. The number of carbonyl (C=O) groups excluding carboxylic acids is 1. The average Bonchev–Trinajstić information content (AvgIpc) is 2.92. The maximum Gasteiger partial charge on any atom is 0.271 e. The van der Waals surface area contributed by atoms with Crippen LogP contribution in [0.15, 0.2) is 29.6 Å². The van der Waals surface area contributed by atoms with Crippen molar-refractivity contribution in [2.75, 3.05) is 18.9 Å². The van der Waals surface area contributed by atoms with Crippen LogP contribution in [0.5, 0.6) is 0 Å². The Morgan fingerprint density at radius 1 is 1.33 bits per heavy atom. The fourth-order valence-corrected chi connectivity index (χ4v) is 2.14. The molecule has 6 heteroatoms. The number of amides is 1. The van der Waals surface area contributed by atoms with Gasteiger partial charge in [-0.3, -0.25) is 4.79 Å². The lowest BCUT2D eigenvalue weighted by atomic mass is 10.3. The molecule has 2 rings (SSSR count). The zero-order valence-corrected chi connectivity index (χ0v) is 10.8. The molecule has 0 aliphatic heterocycles. The van der Waals surface area contributed by atoms with Gasteiger partial charge in [0.25, 0.3) is 5.91 Å². The molecule has 5 nitrogen and oxygen atoms in total. The minimum absolute atomic E-state index is 0.193. The molecule has 18 heavy (non-hydrogen) atoms. The Balaban J connectivity index is 1.83. The number of nitrogens with one attached hydrogen (secondary N) is 2. The highest BCUT2D eigenvalue weighted by Gasteiger charge is 2.07. The van der Waals surface area contributed by atoms with Crippen molar-refractivity contribution in [1.82, 2.24) is 15.5 Å². The molecule has 2 aromatic heterocycles. The van der Waals surface area contributed by atoms with E-state index in [0.717, 1.165) is 6.42 Å². The van der Waals surface area contributed by atoms with Crippen molar-refractivity contribution in [2.24, 2.45) is 0 Å². The van der Waals surface area contributed by atoms with Gasteiger partial charge in [-0.1, -0.05) is 6.07 Å². The first-order chi connectivity index (χ1) is 8.79. The zero-order chi connectivity index (χ0) is 12.8. The molecule has 0 aliphatic carbocycles. The quantitative estimate of drug-likeness (QED) is 0.858. The van der Waals surface area contributed by atoms with Gasteiger partial charge in [0.2, 0.25) is 0 Å². The van der Waals surface area contributed by atoms with Crippen LogP contribution in [0.2, 0.25) is 0 Å². The molecule has 2 aromatic rings. The van der Waals surface area contributed by atoms with Gasteiger partial charge in [0.1, 0.15) is 5.82 Å². The number of rotatable bonds is 5. The molecule has 0 fully saturated rings. The summed E-state index contributed by atoms with van der Waals surface area (Å²) in [5.41, 5.74) is 0.333. The van der Waals surface area contributed by atoms with E-state index < -0.39 is 0 Å². The fourth-order valence-electron chi connectivity index (χ4n) is 1.43. The van der Waals surface area contributed by atoms with Crippen molar-refractivity contribution in [1.29, 1.82) is 0 Å². The van der Waals surface area contributed by atoms with E-state index in [1.807, 2.05) is 11.4 Å². The monoisotopic (exact) mass is 262 g/mol. The van der Waals surface area contributed by atoms with Crippen LogP contribution in [0, 0.1) is 0 Å². The van der Waals surface area contributed by atoms with Crippen LogP contribution in [0.3, 0.4) is 0 Å². The number of carbonyl (C=O) groups is 1. The van der Waals surface area contributed by atoms with Gasteiger partial charge in [-0.05, 0) is 30.0 Å². The van der Waals surface area contributed by atoms with E-state index >= 15 is 0 Å². The Morgan fingerprint density at radius 3 is 2.83 bits per heavy atom. The van der Waals surface area contributed by atoms with E-state index in [4.69, 9.17) is 0 Å². The first kappa shape index (κ1) is 12.5. The molecule has 0 aliphatic rings. The Bertz CT molecular complexity index is 495. The number of hydrogen-bond acceptors (Lipinski definition) is 5. The maximum atomic E-state index is 11.7. The lowest BCUT2D eigenvalue weighted by molar-refractivity contribution is 0.0948. The van der Waals surface area contributed by atoms with E-state index in [2.05, 4.69) is 26.9 Å². The molecular formula is C12H14N4OS. The number of hydrogen-bond donors (Lipinski definition) is 2. The summed E-state index contributed by atoms with van der Waals surface area (Å²) in [4.78, 5) is 13.0. The molecule has 0 unspecified atom stereocenters. The highest BCUT2D eigenvalue weighted by atomic mass is 32.1. The summed E-state index contributed by atoms with van der Waals surface area (Å²) in [5.74, 6) is 0.451. The second-order valence-electron chi connectivity index (χ2n) is 3.64. The predicted molar refractivity (Wildman–Crippen MR) is 71.9 cm³/mol. The number of nitrogens with zero attached hydrogens (tertiary/aromatic N) is 2. The molecule has 0 radical (unpaired) electrons. The van der Waals surface area contributed by atoms with Crippen LogP contribution in [-0.4, -0.2) is 29.7 Å². The van der Waals surface area contributed by atoms with Gasteiger partial charge in [0.15, 0.2) is 5.69 Å². The maximum absolute atomic E-state index is 11.7. The summed E-state index contributed by atoms with van der Waals surface area (Å²) in [6.07, 6.45) is 0.839. The van der Waals surface area contributed by atoms with Crippen LogP contribution < -0.4 is 10.6 Å². The van der Waals surface area contributed by atoms with Gasteiger partial charge >= 0.3 is 0 Å². The predicted octanol–water partition coefficient (Wildman–Crippen LogP) is 1.55. The van der Waals surface area contributed by atoms with Gasteiger partial charge in [-0.2, -0.15) is 0 Å². The van der Waals surface area contributed by atoms with E-state index in [-0.39, 0.29) is 5.91 Å². The summed E-state index contributed by atoms with van der Waals surface area (Å²) < 4.78 is 0. The Kier molecular flexibility index (Phi) is 4.25. The molecule has 2 N–H and O–H groups in total. The third-order valence-electron chi connectivity index (χ3n) is 2.39. The van der Waals surface area contributed by atoms with Gasteiger partial charge in [0.05, 0.1) is 0 Å². The normalized spacial score (nSPS) is 10.1. The van der Waals surface area contributed by atoms with Crippen molar-refractivity contribution in [3.63, 3.8) is 0 Å². The van der Waals surface area contributed by atoms with E-state index in [1.54, 1.807) is 30.5 Å². The lowest BCUT2D eigenvalue weighted by Gasteiger charge is -2.03. The van der Waals surface area contributed by atoms with Crippen molar-refractivity contribution >= 4 is 23.1 Å². The van der Waals surface area contributed by atoms with Gasteiger partial charge in [-0.25, -0.2) is 0 Å². The minimum Gasteiger partial charge on any atom is -0.372 e. The van der Waals surface area contributed by atoms with Crippen LogP contribution in [0.4, 0.5) is 5.82 Å². The number of anilines is 1. The van der Waals surface area contributed by atoms with Crippen LogP contribution in [-0.2, 0) is 6.42 Å². The highest BCUT2D eigenvalue weighted by Crippen LogP contribution is 2.08. The highest BCUT2D eigenvalue weighted by molar-refractivity contribution is 7.09. The second kappa shape index (κ2) is 6.11. The topological polar surface area (TPSA) is 66.9 Å². The molecule has 94 valence electrons. The summed E-state index contributed by atoms with van der Waals surface area (Å²) in [6.45, 7) is 0.606. The molecule has 0 spiro atoms. The summed E-state index contributed by atoms with van der Waals surface area (Å²) in [6, 6.07) is 7.43. The Hall–Kier alpha value is -1.95. The van der Waals surface area contributed by atoms with Crippen molar-refractivity contribution in [2.45, 2.75) is 6.42 Å². The SMILES string of the molecule is CNc1ccc(C(=O)NCCc2cccs2)nn1. The standard InChI is InChI=1S/C12H14N4OS/c1-13-11-5-4-10(15-16-11)12(17)14-7-6-9-3-2-8-18-9/h2-5,8H,6-7H2,1H3,(H,13,16)(H,14,17). The Labute approximate surface area is 109 Å². The molecular weight excluding hydrogens is 248 g/mol. The average molecular weight is 262 g/mol. The van der Waals surface area contributed by atoms with Crippen LogP contribution >= 0.6 is 11.3 Å². The largest absolute Gasteiger partial charge is 0.372 e. The molecule has 1 amide bonds. The molecule has 0 saturated heterocycles. The van der Waals surface area contributed by atoms with Crippen molar-refractivity contribution in [3.05, 3.63) is 40.2 Å². The van der Waals surface area contributed by atoms with E-state index in [1.165, 1.54) is 4.88 Å². The number of thiophene rings is 1. The van der Waals surface area contributed by atoms with E-state index in [9.17, 15) is 4.79 Å². The fraction of sp³-hybridized carbons (Fsp3) is 0.250. The number of aromatic nitrogens is 2. The smallest absolute Gasteiger partial charge is 0.271 e.